The number of carbonyl (C=O) groups is 2. The first-order valence-electron chi connectivity index (χ1n) is 11.3. The number of carbonyl (C=O) groups excluding carboxylic acids is 1. The van der Waals surface area contributed by atoms with Gasteiger partial charge in [0.05, 0.1) is 0 Å². The van der Waals surface area contributed by atoms with Crippen molar-refractivity contribution >= 4 is 28.3 Å². The summed E-state index contributed by atoms with van der Waals surface area (Å²) >= 11 is 0. The molecule has 0 saturated heterocycles. The van der Waals surface area contributed by atoms with E-state index in [4.69, 9.17) is 0 Å². The fourth-order valence-corrected chi connectivity index (χ4v) is 3.66. The number of nitrogens with zero attached hydrogens (tertiary/aromatic N) is 1. The molecule has 2 rings (SSSR count). The molecule has 0 aliphatic heterocycles. The molecule has 1 amide bonds. The molecule has 0 fully saturated rings. The Morgan fingerprint density at radius 3 is 2.17 bits per heavy atom. The van der Waals surface area contributed by atoms with Crippen LogP contribution in [0.5, 0.6) is 0 Å². The fourth-order valence-electron chi connectivity index (χ4n) is 3.66. The fraction of sp³-hybridized carbons (Fsp3) is 0.520. The summed E-state index contributed by atoms with van der Waals surface area (Å²) in [5, 5.41) is 14.7. The van der Waals surface area contributed by atoms with Gasteiger partial charge in [-0.25, -0.2) is 0 Å². The molecule has 0 saturated carbocycles. The van der Waals surface area contributed by atoms with E-state index in [1.165, 1.54) is 0 Å². The minimum atomic E-state index is -0.878. The predicted molar refractivity (Wildman–Crippen MR) is 124 cm³/mol. The highest BCUT2D eigenvalue weighted by Gasteiger charge is 2.24. The third-order valence-corrected chi connectivity index (χ3v) is 5.41. The second-order valence-electron chi connectivity index (χ2n) is 7.93. The van der Waals surface area contributed by atoms with E-state index in [2.05, 4.69) is 25.2 Å². The summed E-state index contributed by atoms with van der Waals surface area (Å²) in [6.07, 6.45) is 6.61. The van der Waals surface area contributed by atoms with E-state index in [-0.39, 0.29) is 18.7 Å². The Bertz CT molecular complexity index is 796. The Balaban J connectivity index is 2.17. The lowest BCUT2D eigenvalue weighted by atomic mass is 10.1. The zero-order chi connectivity index (χ0) is 21.8. The molecule has 0 aromatic heterocycles. The van der Waals surface area contributed by atoms with E-state index >= 15 is 0 Å². The normalized spacial score (nSPS) is 11.9. The van der Waals surface area contributed by atoms with Crippen molar-refractivity contribution in [1.82, 2.24) is 4.90 Å². The number of amides is 1. The van der Waals surface area contributed by atoms with Crippen LogP contribution >= 0.6 is 0 Å². The van der Waals surface area contributed by atoms with E-state index < -0.39 is 12.0 Å². The van der Waals surface area contributed by atoms with E-state index in [1.54, 1.807) is 0 Å². The van der Waals surface area contributed by atoms with E-state index in [9.17, 15) is 14.7 Å². The summed E-state index contributed by atoms with van der Waals surface area (Å²) in [5.41, 5.74) is 0.847. The van der Waals surface area contributed by atoms with Gasteiger partial charge in [-0.05, 0) is 42.2 Å². The van der Waals surface area contributed by atoms with Crippen LogP contribution in [0, 0.1) is 0 Å². The molecule has 5 nitrogen and oxygen atoms in total. The number of carboxylic acid groups (broad SMARTS) is 1. The van der Waals surface area contributed by atoms with Crippen molar-refractivity contribution in [2.75, 3.05) is 18.4 Å². The molecule has 0 radical (unpaired) electrons. The van der Waals surface area contributed by atoms with Crippen LogP contribution < -0.4 is 5.32 Å². The SMILES string of the molecule is CCCCCN(CCCCC)C(=O)[C@@H](CCC(=O)O)Nc1ccc2ccccc2c1. The summed E-state index contributed by atoms with van der Waals surface area (Å²) < 4.78 is 0. The second kappa shape index (κ2) is 12.9. The van der Waals surface area contributed by atoms with Crippen LogP contribution in [0.15, 0.2) is 42.5 Å². The van der Waals surface area contributed by atoms with Crippen LogP contribution in [0.2, 0.25) is 0 Å². The monoisotopic (exact) mass is 412 g/mol. The zero-order valence-electron chi connectivity index (χ0n) is 18.4. The van der Waals surface area contributed by atoms with Crippen molar-refractivity contribution < 1.29 is 14.7 Å². The van der Waals surface area contributed by atoms with Gasteiger partial charge in [-0.15, -0.1) is 0 Å². The Kier molecular flexibility index (Phi) is 10.2. The number of benzene rings is 2. The maximum Gasteiger partial charge on any atom is 0.303 e. The predicted octanol–water partition coefficient (Wildman–Crippen LogP) is 5.69. The number of aliphatic carboxylic acids is 1. The second-order valence-corrected chi connectivity index (χ2v) is 7.93. The minimum Gasteiger partial charge on any atom is -0.481 e. The number of hydrogen-bond acceptors (Lipinski definition) is 3. The quantitative estimate of drug-likeness (QED) is 0.391. The highest BCUT2D eigenvalue weighted by molar-refractivity contribution is 5.88. The number of nitrogens with one attached hydrogen (secondary N) is 1. The minimum absolute atomic E-state index is 0.0108. The van der Waals surface area contributed by atoms with Gasteiger partial charge in [0.15, 0.2) is 0 Å². The average Bonchev–Trinajstić information content (AvgIpc) is 2.75. The summed E-state index contributed by atoms with van der Waals surface area (Å²) in [6, 6.07) is 13.5. The highest BCUT2D eigenvalue weighted by Crippen LogP contribution is 2.21. The van der Waals surface area contributed by atoms with Crippen molar-refractivity contribution in [2.24, 2.45) is 0 Å². The third kappa shape index (κ3) is 7.69. The lowest BCUT2D eigenvalue weighted by Gasteiger charge is -2.28. The number of carboxylic acids is 1. The van der Waals surface area contributed by atoms with Crippen molar-refractivity contribution in [3.8, 4) is 0 Å². The molecule has 2 aromatic carbocycles. The molecule has 0 aliphatic carbocycles. The first-order chi connectivity index (χ1) is 14.5. The van der Waals surface area contributed by atoms with Crippen molar-refractivity contribution in [3.63, 3.8) is 0 Å². The maximum absolute atomic E-state index is 13.4. The average molecular weight is 413 g/mol. The standard InChI is InChI=1S/C25H36N2O3/c1-3-5-9-17-27(18-10-6-4-2)25(30)23(15-16-24(28)29)26-22-14-13-20-11-7-8-12-21(20)19-22/h7-8,11-14,19,23,26H,3-6,9-10,15-18H2,1-2H3,(H,28,29)/t23-/m1/s1. The zero-order valence-corrected chi connectivity index (χ0v) is 18.4. The summed E-state index contributed by atoms with van der Waals surface area (Å²) in [4.78, 5) is 26.5. The molecule has 2 N–H and O–H groups in total. The largest absolute Gasteiger partial charge is 0.481 e. The first kappa shape index (κ1) is 23.7. The third-order valence-electron chi connectivity index (χ3n) is 5.41. The van der Waals surface area contributed by atoms with Crippen LogP contribution in [0.25, 0.3) is 10.8 Å². The van der Waals surface area contributed by atoms with Crippen molar-refractivity contribution in [3.05, 3.63) is 42.5 Å². The van der Waals surface area contributed by atoms with Gasteiger partial charge in [0.2, 0.25) is 5.91 Å². The van der Waals surface area contributed by atoms with Gasteiger partial charge in [0, 0.05) is 25.2 Å². The Morgan fingerprint density at radius 2 is 1.57 bits per heavy atom. The number of hydrogen-bond donors (Lipinski definition) is 2. The summed E-state index contributed by atoms with van der Waals surface area (Å²) in [5.74, 6) is -0.867. The van der Waals surface area contributed by atoms with Gasteiger partial charge in [-0.1, -0.05) is 69.9 Å². The molecule has 1 atom stereocenters. The van der Waals surface area contributed by atoms with Gasteiger partial charge < -0.3 is 15.3 Å². The van der Waals surface area contributed by atoms with Crippen LogP contribution in [-0.4, -0.2) is 41.0 Å². The molecule has 0 unspecified atom stereocenters. The van der Waals surface area contributed by atoms with Gasteiger partial charge in [0.1, 0.15) is 6.04 Å². The number of fused-ring (bicyclic) bond motifs is 1. The number of unbranched alkanes of at least 4 members (excludes halogenated alkanes) is 4. The topological polar surface area (TPSA) is 69.6 Å². The molecule has 5 heteroatoms. The van der Waals surface area contributed by atoms with Crippen molar-refractivity contribution in [1.29, 1.82) is 0 Å². The smallest absolute Gasteiger partial charge is 0.303 e. The van der Waals surface area contributed by atoms with Crippen LogP contribution in [0.3, 0.4) is 0 Å². The Hall–Kier alpha value is -2.56. The molecule has 0 spiro atoms. The number of anilines is 1. The summed E-state index contributed by atoms with van der Waals surface area (Å²) in [7, 11) is 0. The Labute approximate surface area is 180 Å². The number of rotatable bonds is 14. The summed E-state index contributed by atoms with van der Waals surface area (Å²) in [6.45, 7) is 5.78. The molecule has 164 valence electrons. The Morgan fingerprint density at radius 1 is 0.933 bits per heavy atom. The van der Waals surface area contributed by atoms with Gasteiger partial charge >= 0.3 is 5.97 Å². The van der Waals surface area contributed by atoms with E-state index in [1.807, 2.05) is 41.3 Å². The van der Waals surface area contributed by atoms with Crippen LogP contribution in [0.1, 0.15) is 65.2 Å². The van der Waals surface area contributed by atoms with Gasteiger partial charge in [-0.2, -0.15) is 0 Å². The highest BCUT2D eigenvalue weighted by atomic mass is 16.4. The van der Waals surface area contributed by atoms with E-state index in [0.717, 1.165) is 68.1 Å². The molecule has 0 bridgehead atoms. The molecular weight excluding hydrogens is 376 g/mol. The maximum atomic E-state index is 13.4. The van der Waals surface area contributed by atoms with Crippen molar-refractivity contribution in [2.45, 2.75) is 71.3 Å². The van der Waals surface area contributed by atoms with Gasteiger partial charge in [-0.3, -0.25) is 9.59 Å². The first-order valence-corrected chi connectivity index (χ1v) is 11.3. The van der Waals surface area contributed by atoms with Crippen LogP contribution in [-0.2, 0) is 9.59 Å². The lowest BCUT2D eigenvalue weighted by Crippen LogP contribution is -2.44. The van der Waals surface area contributed by atoms with Gasteiger partial charge in [0.25, 0.3) is 0 Å². The molecule has 2 aromatic rings. The molecular formula is C25H36N2O3. The molecule has 30 heavy (non-hydrogen) atoms. The van der Waals surface area contributed by atoms with E-state index in [0.29, 0.717) is 0 Å². The molecule has 0 aliphatic rings. The lowest BCUT2D eigenvalue weighted by molar-refractivity contribution is -0.137. The molecule has 0 heterocycles. The van der Waals surface area contributed by atoms with Crippen LogP contribution in [0.4, 0.5) is 5.69 Å².